The second-order valence-electron chi connectivity index (χ2n) is 4.94. The highest BCUT2D eigenvalue weighted by atomic mass is 19.1. The molecule has 1 unspecified atom stereocenters. The van der Waals surface area contributed by atoms with Crippen molar-refractivity contribution < 1.29 is 18.7 Å². The molecule has 3 rings (SSSR count). The Labute approximate surface area is 125 Å². The van der Waals surface area contributed by atoms with Crippen molar-refractivity contribution in [3.63, 3.8) is 0 Å². The summed E-state index contributed by atoms with van der Waals surface area (Å²) in [6, 6.07) is 5.49. The lowest BCUT2D eigenvalue weighted by atomic mass is 10.0. The van der Waals surface area contributed by atoms with Gasteiger partial charge in [0.05, 0.1) is 24.0 Å². The average molecular weight is 301 g/mol. The van der Waals surface area contributed by atoms with Crippen LogP contribution in [0.5, 0.6) is 11.6 Å². The van der Waals surface area contributed by atoms with Gasteiger partial charge in [0, 0.05) is 13.6 Å². The van der Waals surface area contributed by atoms with Gasteiger partial charge in [0.15, 0.2) is 0 Å². The summed E-state index contributed by atoms with van der Waals surface area (Å²) in [6.45, 7) is 0.296. The van der Waals surface area contributed by atoms with Gasteiger partial charge in [0.1, 0.15) is 11.6 Å². The van der Waals surface area contributed by atoms with Crippen molar-refractivity contribution >= 4 is 11.7 Å². The second-order valence-corrected chi connectivity index (χ2v) is 4.94. The number of carbonyl (C=O) groups excluding carboxylic acids is 2. The maximum atomic E-state index is 12.8. The quantitative estimate of drug-likeness (QED) is 0.804. The Bertz CT molecular complexity index is 716. The molecule has 1 aliphatic rings. The van der Waals surface area contributed by atoms with Crippen LogP contribution in [0.1, 0.15) is 11.6 Å². The Kier molecular flexibility index (Phi) is 3.54. The largest absolute Gasteiger partial charge is 0.438 e. The van der Waals surface area contributed by atoms with Crippen molar-refractivity contribution in [2.75, 3.05) is 13.6 Å². The van der Waals surface area contributed by atoms with Crippen LogP contribution in [0, 0.1) is 5.82 Å². The molecule has 112 valence electrons. The lowest BCUT2D eigenvalue weighted by Crippen LogP contribution is -2.22. The van der Waals surface area contributed by atoms with E-state index in [1.807, 2.05) is 0 Å². The Balaban J connectivity index is 1.74. The van der Waals surface area contributed by atoms with Crippen molar-refractivity contribution in [1.29, 1.82) is 0 Å². The predicted molar refractivity (Wildman–Crippen MR) is 73.9 cm³/mol. The van der Waals surface area contributed by atoms with Gasteiger partial charge in [-0.1, -0.05) is 0 Å². The number of ether oxygens (including phenoxy) is 1. The number of carbonyl (C=O) groups is 2. The molecule has 0 spiro atoms. The number of ketones is 1. The Hall–Kier alpha value is -2.83. The number of likely N-dealkylation sites (N-methyl/N-ethyl adjacent to an activating group) is 1. The van der Waals surface area contributed by atoms with E-state index >= 15 is 0 Å². The summed E-state index contributed by atoms with van der Waals surface area (Å²) < 4.78 is 18.2. The van der Waals surface area contributed by atoms with E-state index in [1.165, 1.54) is 41.6 Å². The highest BCUT2D eigenvalue weighted by molar-refractivity contribution is 6.40. The fourth-order valence-corrected chi connectivity index (χ4v) is 2.19. The summed E-state index contributed by atoms with van der Waals surface area (Å²) in [7, 11) is 1.57. The number of halogens is 1. The number of likely N-dealkylation sites (tertiary alicyclic amines) is 1. The molecule has 22 heavy (non-hydrogen) atoms. The number of rotatable bonds is 3. The standard InChI is InChI=1S/C15H12FN3O3/c1-19-8-11(14(20)15(19)21)12-6-18-13(7-17-12)22-10-4-2-9(16)3-5-10/h2-7,11H,8H2,1H3. The van der Waals surface area contributed by atoms with E-state index in [-0.39, 0.29) is 11.7 Å². The molecule has 2 aromatic rings. The van der Waals surface area contributed by atoms with Gasteiger partial charge >= 0.3 is 0 Å². The number of aromatic nitrogens is 2. The zero-order chi connectivity index (χ0) is 15.7. The van der Waals surface area contributed by atoms with Crippen molar-refractivity contribution in [2.24, 2.45) is 0 Å². The number of hydrogen-bond acceptors (Lipinski definition) is 5. The molecule has 1 amide bonds. The number of Topliss-reactive ketones (excluding diaryl/α,β-unsaturated/α-hetero) is 1. The smallest absolute Gasteiger partial charge is 0.290 e. The van der Waals surface area contributed by atoms with E-state index in [0.29, 0.717) is 18.0 Å². The van der Waals surface area contributed by atoms with Gasteiger partial charge in [0.25, 0.3) is 5.91 Å². The molecule has 1 atom stereocenters. The van der Waals surface area contributed by atoms with Gasteiger partial charge in [-0.3, -0.25) is 14.6 Å². The van der Waals surface area contributed by atoms with Crippen LogP contribution >= 0.6 is 0 Å². The zero-order valence-electron chi connectivity index (χ0n) is 11.7. The van der Waals surface area contributed by atoms with Crippen LogP contribution in [0.4, 0.5) is 4.39 Å². The first-order chi connectivity index (χ1) is 10.5. The second kappa shape index (κ2) is 5.51. The molecule has 1 saturated heterocycles. The summed E-state index contributed by atoms with van der Waals surface area (Å²) in [4.78, 5) is 32.9. The predicted octanol–water partition coefficient (Wildman–Crippen LogP) is 1.53. The van der Waals surface area contributed by atoms with Crippen LogP contribution in [0.3, 0.4) is 0 Å². The molecular formula is C15H12FN3O3. The van der Waals surface area contributed by atoms with Crippen LogP contribution in [0.25, 0.3) is 0 Å². The minimum absolute atomic E-state index is 0.223. The highest BCUT2D eigenvalue weighted by Crippen LogP contribution is 2.24. The van der Waals surface area contributed by atoms with Gasteiger partial charge in [-0.15, -0.1) is 0 Å². The fourth-order valence-electron chi connectivity index (χ4n) is 2.19. The number of amides is 1. The molecule has 6 nitrogen and oxygen atoms in total. The third-order valence-corrected chi connectivity index (χ3v) is 3.37. The monoisotopic (exact) mass is 301 g/mol. The molecule has 0 radical (unpaired) electrons. The minimum atomic E-state index is -0.593. The molecule has 0 aliphatic carbocycles. The van der Waals surface area contributed by atoms with Crippen LogP contribution < -0.4 is 4.74 Å². The van der Waals surface area contributed by atoms with Gasteiger partial charge in [-0.05, 0) is 24.3 Å². The molecular weight excluding hydrogens is 289 g/mol. The van der Waals surface area contributed by atoms with E-state index in [1.54, 1.807) is 7.05 Å². The first-order valence-corrected chi connectivity index (χ1v) is 6.59. The molecule has 1 aromatic heterocycles. The normalized spacial score (nSPS) is 17.9. The number of nitrogens with zero attached hydrogens (tertiary/aromatic N) is 3. The molecule has 1 aliphatic heterocycles. The Morgan fingerprint density at radius 2 is 1.91 bits per heavy atom. The first kappa shape index (κ1) is 14.1. The van der Waals surface area contributed by atoms with E-state index < -0.39 is 17.6 Å². The summed E-state index contributed by atoms with van der Waals surface area (Å²) in [5.74, 6) is -1.30. The van der Waals surface area contributed by atoms with E-state index in [9.17, 15) is 14.0 Å². The minimum Gasteiger partial charge on any atom is -0.438 e. The SMILES string of the molecule is CN1CC(c2cnc(Oc3ccc(F)cc3)cn2)C(=O)C1=O. The molecule has 1 fully saturated rings. The first-order valence-electron chi connectivity index (χ1n) is 6.59. The highest BCUT2D eigenvalue weighted by Gasteiger charge is 2.38. The lowest BCUT2D eigenvalue weighted by molar-refractivity contribution is -0.139. The summed E-state index contributed by atoms with van der Waals surface area (Å²) in [5, 5.41) is 0. The van der Waals surface area contributed by atoms with Gasteiger partial charge in [-0.25, -0.2) is 9.37 Å². The number of benzene rings is 1. The van der Waals surface area contributed by atoms with Crippen LogP contribution in [0.2, 0.25) is 0 Å². The van der Waals surface area contributed by atoms with Crippen LogP contribution in [-0.2, 0) is 9.59 Å². The fraction of sp³-hybridized carbons (Fsp3) is 0.200. The van der Waals surface area contributed by atoms with E-state index in [4.69, 9.17) is 4.74 Å². The maximum Gasteiger partial charge on any atom is 0.290 e. The van der Waals surface area contributed by atoms with Gasteiger partial charge < -0.3 is 9.64 Å². The lowest BCUT2D eigenvalue weighted by Gasteiger charge is -2.09. The van der Waals surface area contributed by atoms with Crippen LogP contribution in [-0.4, -0.2) is 40.2 Å². The Morgan fingerprint density at radius 3 is 2.45 bits per heavy atom. The van der Waals surface area contributed by atoms with Crippen molar-refractivity contribution in [2.45, 2.75) is 5.92 Å². The molecule has 0 bridgehead atoms. The van der Waals surface area contributed by atoms with Crippen LogP contribution in [0.15, 0.2) is 36.7 Å². The summed E-state index contributed by atoms with van der Waals surface area (Å²) in [5.41, 5.74) is 0.425. The van der Waals surface area contributed by atoms with Crippen molar-refractivity contribution in [1.82, 2.24) is 14.9 Å². The Morgan fingerprint density at radius 1 is 1.18 bits per heavy atom. The van der Waals surface area contributed by atoms with Gasteiger partial charge in [0.2, 0.25) is 11.7 Å². The average Bonchev–Trinajstić information content (AvgIpc) is 2.78. The van der Waals surface area contributed by atoms with Crippen molar-refractivity contribution in [3.05, 3.63) is 48.2 Å². The third-order valence-electron chi connectivity index (χ3n) is 3.37. The van der Waals surface area contributed by atoms with E-state index in [2.05, 4.69) is 9.97 Å². The molecule has 1 aromatic carbocycles. The topological polar surface area (TPSA) is 72.4 Å². The summed E-state index contributed by atoms with van der Waals surface area (Å²) >= 11 is 0. The number of hydrogen-bond donors (Lipinski definition) is 0. The van der Waals surface area contributed by atoms with Crippen molar-refractivity contribution in [3.8, 4) is 11.6 Å². The zero-order valence-corrected chi connectivity index (χ0v) is 11.7. The van der Waals surface area contributed by atoms with E-state index in [0.717, 1.165) is 0 Å². The van der Waals surface area contributed by atoms with Gasteiger partial charge in [-0.2, -0.15) is 0 Å². The third kappa shape index (κ3) is 2.65. The maximum absolute atomic E-state index is 12.8. The molecule has 0 saturated carbocycles. The molecule has 0 N–H and O–H groups in total. The molecule has 7 heteroatoms. The summed E-state index contributed by atoms with van der Waals surface area (Å²) in [6.07, 6.45) is 2.78. The molecule has 2 heterocycles.